The number of fused-ring (bicyclic) bond motifs is 1. The van der Waals surface area contributed by atoms with Gasteiger partial charge in [0.1, 0.15) is 11.3 Å². The second-order valence-corrected chi connectivity index (χ2v) is 4.27. The van der Waals surface area contributed by atoms with Crippen LogP contribution in [0.1, 0.15) is 29.4 Å². The monoisotopic (exact) mass is 260 g/mol. The fourth-order valence-corrected chi connectivity index (χ4v) is 1.89. The van der Waals surface area contributed by atoms with Crippen molar-refractivity contribution in [2.24, 2.45) is 0 Å². The Balaban J connectivity index is 2.74. The minimum atomic E-state index is -0.579. The lowest BCUT2D eigenvalue weighted by atomic mass is 10.1. The molecule has 6 nitrogen and oxygen atoms in total. The first-order valence-corrected chi connectivity index (χ1v) is 5.65. The van der Waals surface area contributed by atoms with Crippen LogP contribution in [0, 0.1) is 6.92 Å². The van der Waals surface area contributed by atoms with Crippen LogP contribution in [0.5, 0.6) is 5.75 Å². The predicted octanol–water partition coefficient (Wildman–Crippen LogP) is 0.870. The van der Waals surface area contributed by atoms with E-state index in [2.05, 4.69) is 4.98 Å². The molecule has 0 bridgehead atoms. The van der Waals surface area contributed by atoms with E-state index in [4.69, 9.17) is 0 Å². The van der Waals surface area contributed by atoms with Crippen molar-refractivity contribution in [3.05, 3.63) is 39.9 Å². The number of nitrogens with zero attached hydrogens (tertiary/aromatic N) is 2. The van der Waals surface area contributed by atoms with E-state index in [1.165, 1.54) is 32.2 Å². The number of rotatable bonds is 3. The molecule has 0 aliphatic carbocycles. The van der Waals surface area contributed by atoms with Crippen LogP contribution in [0.25, 0.3) is 5.65 Å². The zero-order valence-electron chi connectivity index (χ0n) is 10.5. The minimum Gasteiger partial charge on any atom is -0.504 e. The van der Waals surface area contributed by atoms with Crippen LogP contribution in [0.15, 0.2) is 23.1 Å². The Kier molecular flexibility index (Phi) is 3.16. The fraction of sp³-hybridized carbons (Fsp3) is 0.231. The van der Waals surface area contributed by atoms with Gasteiger partial charge in [-0.05, 0) is 26.0 Å². The number of aromatic hydroxyl groups is 1. The highest BCUT2D eigenvalue weighted by atomic mass is 16.3. The van der Waals surface area contributed by atoms with Crippen molar-refractivity contribution in [2.75, 3.05) is 0 Å². The molecule has 98 valence electrons. The highest BCUT2D eigenvalue weighted by molar-refractivity contribution is 6.07. The number of aryl methyl sites for hydroxylation is 1. The summed E-state index contributed by atoms with van der Waals surface area (Å²) < 4.78 is 1.09. The van der Waals surface area contributed by atoms with Crippen LogP contribution < -0.4 is 5.56 Å². The molecular weight excluding hydrogens is 248 g/mol. The third-order valence-electron chi connectivity index (χ3n) is 2.70. The van der Waals surface area contributed by atoms with E-state index in [-0.39, 0.29) is 34.9 Å². The maximum Gasteiger partial charge on any atom is 0.269 e. The average molecular weight is 260 g/mol. The van der Waals surface area contributed by atoms with Crippen molar-refractivity contribution >= 4 is 17.2 Å². The summed E-state index contributed by atoms with van der Waals surface area (Å²) >= 11 is 0. The van der Waals surface area contributed by atoms with Crippen molar-refractivity contribution in [3.63, 3.8) is 0 Å². The summed E-state index contributed by atoms with van der Waals surface area (Å²) in [6.45, 7) is 2.78. The van der Waals surface area contributed by atoms with Gasteiger partial charge in [0.2, 0.25) is 0 Å². The lowest BCUT2D eigenvalue weighted by Crippen LogP contribution is -2.26. The van der Waals surface area contributed by atoms with Crippen LogP contribution in [-0.2, 0) is 4.79 Å². The van der Waals surface area contributed by atoms with Gasteiger partial charge in [-0.3, -0.25) is 18.8 Å². The van der Waals surface area contributed by atoms with Crippen LogP contribution in [-0.4, -0.2) is 26.1 Å². The Labute approximate surface area is 108 Å². The summed E-state index contributed by atoms with van der Waals surface area (Å²) in [6.07, 6.45) is 1.08. The third kappa shape index (κ3) is 2.24. The summed E-state index contributed by atoms with van der Waals surface area (Å²) in [6, 6.07) is 2.87. The number of hydrogen-bond donors (Lipinski definition) is 1. The highest BCUT2D eigenvalue weighted by Gasteiger charge is 2.19. The zero-order valence-corrected chi connectivity index (χ0v) is 10.5. The van der Waals surface area contributed by atoms with Crippen LogP contribution >= 0.6 is 0 Å². The molecular formula is C13H12N2O4. The molecule has 0 atom stereocenters. The van der Waals surface area contributed by atoms with Gasteiger partial charge in [-0.15, -0.1) is 0 Å². The molecule has 1 N–H and O–H groups in total. The fourth-order valence-electron chi connectivity index (χ4n) is 1.89. The van der Waals surface area contributed by atoms with Gasteiger partial charge in [-0.1, -0.05) is 0 Å². The maximum atomic E-state index is 12.2. The number of carbonyl (C=O) groups excluding carboxylic acids is 2. The average Bonchev–Trinajstić information content (AvgIpc) is 2.29. The van der Waals surface area contributed by atoms with Gasteiger partial charge in [-0.25, -0.2) is 4.98 Å². The second-order valence-electron chi connectivity index (χ2n) is 4.27. The molecule has 0 saturated carbocycles. The van der Waals surface area contributed by atoms with Crippen molar-refractivity contribution < 1.29 is 14.7 Å². The number of carbonyl (C=O) groups is 2. The quantitative estimate of drug-likeness (QED) is 0.653. The standard InChI is InChI=1S/C13H12N2O4/c1-7(16)6-10(18)11-8(2)14-12-9(17)4-3-5-15(12)13(11)19/h3-5,17H,6H2,1-2H3. The normalized spacial score (nSPS) is 10.6. The predicted molar refractivity (Wildman–Crippen MR) is 67.5 cm³/mol. The Morgan fingerprint density at radius 1 is 1.42 bits per heavy atom. The molecule has 0 spiro atoms. The molecule has 0 saturated heterocycles. The first-order chi connectivity index (χ1) is 8.91. The summed E-state index contributed by atoms with van der Waals surface area (Å²) in [5.41, 5.74) is -0.398. The number of ketones is 2. The molecule has 0 amide bonds. The molecule has 0 aliphatic heterocycles. The van der Waals surface area contributed by atoms with Gasteiger partial charge in [-0.2, -0.15) is 0 Å². The number of aromatic nitrogens is 2. The van der Waals surface area contributed by atoms with Gasteiger partial charge >= 0.3 is 0 Å². The van der Waals surface area contributed by atoms with Gasteiger partial charge < -0.3 is 5.11 Å². The van der Waals surface area contributed by atoms with E-state index in [9.17, 15) is 19.5 Å². The van der Waals surface area contributed by atoms with Gasteiger partial charge in [0, 0.05) is 6.20 Å². The van der Waals surface area contributed by atoms with E-state index < -0.39 is 11.3 Å². The molecule has 0 radical (unpaired) electrons. The van der Waals surface area contributed by atoms with E-state index in [1.807, 2.05) is 0 Å². The van der Waals surface area contributed by atoms with Crippen molar-refractivity contribution in [2.45, 2.75) is 20.3 Å². The number of Topliss-reactive ketones (excluding diaryl/α,β-unsaturated/α-hetero) is 2. The van der Waals surface area contributed by atoms with Gasteiger partial charge in [0.15, 0.2) is 17.2 Å². The summed E-state index contributed by atoms with van der Waals surface area (Å²) in [4.78, 5) is 39.1. The van der Waals surface area contributed by atoms with Gasteiger partial charge in [0.25, 0.3) is 5.56 Å². The van der Waals surface area contributed by atoms with Crippen molar-refractivity contribution in [3.8, 4) is 5.75 Å². The Bertz CT molecular complexity index is 746. The first kappa shape index (κ1) is 12.9. The minimum absolute atomic E-state index is 0.0874. The summed E-state index contributed by atoms with van der Waals surface area (Å²) in [5, 5.41) is 9.63. The first-order valence-electron chi connectivity index (χ1n) is 5.65. The molecule has 0 aromatic carbocycles. The van der Waals surface area contributed by atoms with Crippen LogP contribution in [0.4, 0.5) is 0 Å². The Morgan fingerprint density at radius 3 is 2.74 bits per heavy atom. The summed E-state index contributed by atoms with van der Waals surface area (Å²) in [7, 11) is 0. The molecule has 6 heteroatoms. The van der Waals surface area contributed by atoms with Crippen molar-refractivity contribution in [1.82, 2.24) is 9.38 Å². The molecule has 0 fully saturated rings. The van der Waals surface area contributed by atoms with Crippen LogP contribution in [0.3, 0.4) is 0 Å². The smallest absolute Gasteiger partial charge is 0.269 e. The van der Waals surface area contributed by atoms with Gasteiger partial charge in [0.05, 0.1) is 12.1 Å². The second kappa shape index (κ2) is 4.64. The molecule has 0 aliphatic rings. The topological polar surface area (TPSA) is 88.7 Å². The Morgan fingerprint density at radius 2 is 2.11 bits per heavy atom. The molecule has 2 aromatic heterocycles. The van der Waals surface area contributed by atoms with E-state index in [0.717, 1.165) is 4.40 Å². The molecule has 2 heterocycles. The maximum absolute atomic E-state index is 12.2. The highest BCUT2D eigenvalue weighted by Crippen LogP contribution is 2.15. The number of pyridine rings is 1. The lowest BCUT2D eigenvalue weighted by molar-refractivity contribution is -0.116. The summed E-state index contributed by atoms with van der Waals surface area (Å²) in [5.74, 6) is -1.02. The Hall–Kier alpha value is -2.50. The lowest BCUT2D eigenvalue weighted by Gasteiger charge is -2.07. The SMILES string of the molecule is CC(=O)CC(=O)c1c(C)nc2c(O)cccn2c1=O. The zero-order chi connectivity index (χ0) is 14.2. The van der Waals surface area contributed by atoms with Crippen molar-refractivity contribution in [1.29, 1.82) is 0 Å². The van der Waals surface area contributed by atoms with E-state index in [1.54, 1.807) is 0 Å². The van der Waals surface area contributed by atoms with Crippen LogP contribution in [0.2, 0.25) is 0 Å². The molecule has 2 aromatic rings. The molecule has 0 unspecified atom stereocenters. The van der Waals surface area contributed by atoms with E-state index >= 15 is 0 Å². The third-order valence-corrected chi connectivity index (χ3v) is 2.70. The number of hydrogen-bond acceptors (Lipinski definition) is 5. The van der Waals surface area contributed by atoms with E-state index in [0.29, 0.717) is 0 Å². The molecule has 2 rings (SSSR count). The molecule has 19 heavy (non-hydrogen) atoms. The largest absolute Gasteiger partial charge is 0.504 e.